The molecule has 0 radical (unpaired) electrons. The van der Waals surface area contributed by atoms with Crippen LogP contribution in [0.4, 0.5) is 19.0 Å². The van der Waals surface area contributed by atoms with E-state index in [1.54, 1.807) is 4.90 Å². The molecule has 0 bridgehead atoms. The number of nitrogens with zero attached hydrogens (tertiary/aromatic N) is 3. The number of aliphatic hydroxyl groups excluding tert-OH is 2. The first-order valence-corrected chi connectivity index (χ1v) is 11.6. The van der Waals surface area contributed by atoms with Gasteiger partial charge >= 0.3 is 0 Å². The van der Waals surface area contributed by atoms with Crippen molar-refractivity contribution < 1.29 is 28.2 Å². The number of pyridine rings is 2. The molecule has 2 atom stereocenters. The van der Waals surface area contributed by atoms with Crippen molar-refractivity contribution in [3.8, 4) is 5.69 Å². The maximum absolute atomic E-state index is 14.9. The second-order valence-corrected chi connectivity index (χ2v) is 9.99. The third kappa shape index (κ3) is 4.22. The quantitative estimate of drug-likeness (QED) is 0.494. The maximum Gasteiger partial charge on any atom is 0.257 e. The van der Waals surface area contributed by atoms with Crippen molar-refractivity contribution in [1.82, 2.24) is 14.9 Å². The predicted molar refractivity (Wildman–Crippen MR) is 126 cm³/mol. The summed E-state index contributed by atoms with van der Waals surface area (Å²) in [5.41, 5.74) is -2.50. The average Bonchev–Trinajstić information content (AvgIpc) is 3.60. The minimum Gasteiger partial charge on any atom is -0.389 e. The van der Waals surface area contributed by atoms with Crippen LogP contribution in [0.5, 0.6) is 0 Å². The van der Waals surface area contributed by atoms with E-state index in [9.17, 15) is 33.0 Å². The van der Waals surface area contributed by atoms with Gasteiger partial charge in [0.15, 0.2) is 17.3 Å². The Balaban J connectivity index is 1.70. The van der Waals surface area contributed by atoms with Crippen LogP contribution >= 0.6 is 0 Å². The number of carbonyl (C=O) groups is 1. The highest BCUT2D eigenvalue weighted by atomic mass is 19.1. The van der Waals surface area contributed by atoms with E-state index in [0.717, 1.165) is 23.6 Å². The van der Waals surface area contributed by atoms with Crippen molar-refractivity contribution in [2.24, 2.45) is 5.92 Å². The van der Waals surface area contributed by atoms with Gasteiger partial charge in [0.05, 0.1) is 17.6 Å². The van der Waals surface area contributed by atoms with E-state index < -0.39 is 52.2 Å². The van der Waals surface area contributed by atoms with Crippen molar-refractivity contribution in [2.45, 2.75) is 44.4 Å². The van der Waals surface area contributed by atoms with Crippen molar-refractivity contribution in [2.75, 3.05) is 18.0 Å². The number of anilines is 1. The highest BCUT2D eigenvalue weighted by Gasteiger charge is 2.39. The zero-order valence-corrected chi connectivity index (χ0v) is 19.6. The van der Waals surface area contributed by atoms with Crippen molar-refractivity contribution >= 4 is 22.8 Å². The van der Waals surface area contributed by atoms with Gasteiger partial charge in [0.1, 0.15) is 22.9 Å². The average molecular weight is 502 g/mol. The number of hydrogen-bond donors (Lipinski definition) is 3. The molecule has 1 amide bonds. The van der Waals surface area contributed by atoms with Crippen molar-refractivity contribution in [1.29, 1.82) is 0 Å². The number of aliphatic hydroxyl groups is 2. The Labute approximate surface area is 204 Å². The van der Waals surface area contributed by atoms with Crippen LogP contribution in [0.3, 0.4) is 0 Å². The first-order valence-electron chi connectivity index (χ1n) is 11.6. The Morgan fingerprint density at radius 1 is 1.08 bits per heavy atom. The standard InChI is InChI=1S/C25H25F3N4O4/c1-25(2,12-3-4-12)30-24(36)15-9-32(21-16(27)7-13(26)8-17(21)28)23-14(22(15)35)5-6-20(29-23)31-10-18(33)19(34)11-31/h5-9,12,18-19,33-34H,3-4,10-11H2,1-2H3,(H,30,36)/t18-,19-/m1/s1. The topological polar surface area (TPSA) is 108 Å². The molecule has 2 aliphatic rings. The van der Waals surface area contributed by atoms with Crippen molar-refractivity contribution in [3.63, 3.8) is 0 Å². The van der Waals surface area contributed by atoms with Crippen LogP contribution in [-0.4, -0.2) is 56.5 Å². The minimum atomic E-state index is -1.25. The molecule has 11 heteroatoms. The van der Waals surface area contributed by atoms with Crippen LogP contribution in [0.25, 0.3) is 16.7 Å². The normalized spacial score (nSPS) is 20.2. The van der Waals surface area contributed by atoms with Gasteiger partial charge in [-0.2, -0.15) is 0 Å². The van der Waals surface area contributed by atoms with E-state index in [0.29, 0.717) is 12.1 Å². The molecule has 8 nitrogen and oxygen atoms in total. The van der Waals surface area contributed by atoms with Gasteiger partial charge < -0.3 is 20.4 Å². The molecule has 2 aromatic heterocycles. The largest absolute Gasteiger partial charge is 0.389 e. The number of rotatable bonds is 5. The van der Waals surface area contributed by atoms with E-state index in [-0.39, 0.29) is 41.4 Å². The SMILES string of the molecule is CC(C)(NC(=O)c1cn(-c2c(F)cc(F)cc2F)c2nc(N3C[C@@H](O)[C@H](O)C3)ccc2c1=O)C1CC1. The number of nitrogens with one attached hydrogen (secondary N) is 1. The lowest BCUT2D eigenvalue weighted by Crippen LogP contribution is -2.46. The number of hydrogen-bond acceptors (Lipinski definition) is 6. The van der Waals surface area contributed by atoms with Crippen molar-refractivity contribution in [3.05, 3.63) is 63.7 Å². The number of fused-ring (bicyclic) bond motifs is 1. The van der Waals surface area contributed by atoms with Gasteiger partial charge in [-0.25, -0.2) is 18.2 Å². The molecule has 3 heterocycles. The van der Waals surface area contributed by atoms with Crippen LogP contribution in [0.2, 0.25) is 0 Å². The predicted octanol–water partition coefficient (Wildman–Crippen LogP) is 2.26. The number of amides is 1. The third-order valence-corrected chi connectivity index (χ3v) is 6.92. The molecule has 1 aliphatic heterocycles. The number of aromatic nitrogens is 2. The lowest BCUT2D eigenvalue weighted by atomic mass is 9.98. The molecular weight excluding hydrogens is 477 g/mol. The fourth-order valence-electron chi connectivity index (χ4n) is 4.69. The maximum atomic E-state index is 14.9. The molecule has 3 N–H and O–H groups in total. The molecule has 1 saturated carbocycles. The summed E-state index contributed by atoms with van der Waals surface area (Å²) in [5, 5.41) is 22.6. The molecule has 0 unspecified atom stereocenters. The number of β-amino-alcohol motifs (C(OH)–C–C–N with tert-alkyl or cyclic N) is 2. The lowest BCUT2D eigenvalue weighted by Gasteiger charge is -2.26. The lowest BCUT2D eigenvalue weighted by molar-refractivity contribution is 0.0572. The summed E-state index contributed by atoms with van der Waals surface area (Å²) in [4.78, 5) is 32.4. The third-order valence-electron chi connectivity index (χ3n) is 6.92. The van der Waals surface area contributed by atoms with Crippen LogP contribution in [0.15, 0.2) is 35.3 Å². The van der Waals surface area contributed by atoms with Gasteiger partial charge in [0.2, 0.25) is 5.43 Å². The molecule has 0 spiro atoms. The molecule has 3 aromatic rings. The van der Waals surface area contributed by atoms with Gasteiger partial charge in [0, 0.05) is 37.0 Å². The van der Waals surface area contributed by atoms with Gasteiger partial charge in [-0.1, -0.05) is 0 Å². The summed E-state index contributed by atoms with van der Waals surface area (Å²) >= 11 is 0. The summed E-state index contributed by atoms with van der Waals surface area (Å²) in [6.07, 6.45) is 0.851. The highest BCUT2D eigenvalue weighted by Crippen LogP contribution is 2.39. The van der Waals surface area contributed by atoms with Crippen LogP contribution in [0.1, 0.15) is 37.0 Å². The molecular formula is C25H25F3N4O4. The Morgan fingerprint density at radius 3 is 2.28 bits per heavy atom. The monoisotopic (exact) mass is 502 g/mol. The first kappa shape index (κ1) is 24.3. The fourth-order valence-corrected chi connectivity index (χ4v) is 4.69. The van der Waals surface area contributed by atoms with Crippen LogP contribution in [-0.2, 0) is 0 Å². The van der Waals surface area contributed by atoms with Gasteiger partial charge in [0.25, 0.3) is 5.91 Å². The smallest absolute Gasteiger partial charge is 0.257 e. The fraction of sp³-hybridized carbons (Fsp3) is 0.400. The molecule has 190 valence electrons. The zero-order valence-electron chi connectivity index (χ0n) is 19.6. The molecule has 36 heavy (non-hydrogen) atoms. The number of benzene rings is 1. The minimum absolute atomic E-state index is 0.0555. The molecule has 1 aromatic carbocycles. The molecule has 5 rings (SSSR count). The summed E-state index contributed by atoms with van der Waals surface area (Å²) in [6.45, 7) is 3.79. The van der Waals surface area contributed by atoms with Gasteiger partial charge in [-0.15, -0.1) is 0 Å². The molecule has 2 fully saturated rings. The molecule has 1 saturated heterocycles. The number of carbonyl (C=O) groups excluding carboxylic acids is 1. The second kappa shape index (κ2) is 8.59. The van der Waals surface area contributed by atoms with E-state index in [2.05, 4.69) is 10.3 Å². The Kier molecular flexibility index (Phi) is 5.79. The van der Waals surface area contributed by atoms with E-state index in [4.69, 9.17) is 0 Å². The Bertz CT molecular complexity index is 1400. The summed E-state index contributed by atoms with van der Waals surface area (Å²) in [5.74, 6) is -3.84. The summed E-state index contributed by atoms with van der Waals surface area (Å²) in [6, 6.07) is 3.83. The van der Waals surface area contributed by atoms with Crippen LogP contribution < -0.4 is 15.6 Å². The summed E-state index contributed by atoms with van der Waals surface area (Å²) < 4.78 is 44.3. The van der Waals surface area contributed by atoms with E-state index in [1.165, 1.54) is 12.1 Å². The van der Waals surface area contributed by atoms with E-state index in [1.807, 2.05) is 13.8 Å². The zero-order chi connectivity index (χ0) is 25.9. The highest BCUT2D eigenvalue weighted by molar-refractivity contribution is 5.97. The van der Waals surface area contributed by atoms with E-state index >= 15 is 0 Å². The van der Waals surface area contributed by atoms with Gasteiger partial charge in [-0.3, -0.25) is 14.2 Å². The van der Waals surface area contributed by atoms with Crippen LogP contribution in [0, 0.1) is 23.4 Å². The number of halogens is 3. The second-order valence-electron chi connectivity index (χ2n) is 9.99. The van der Waals surface area contributed by atoms with Gasteiger partial charge in [-0.05, 0) is 44.7 Å². The Morgan fingerprint density at radius 2 is 1.69 bits per heavy atom. The molecule has 1 aliphatic carbocycles. The summed E-state index contributed by atoms with van der Waals surface area (Å²) in [7, 11) is 0. The Hall–Kier alpha value is -3.44. The first-order chi connectivity index (χ1) is 17.0.